The summed E-state index contributed by atoms with van der Waals surface area (Å²) in [4.78, 5) is 14.4. The summed E-state index contributed by atoms with van der Waals surface area (Å²) < 4.78 is 5.69. The summed E-state index contributed by atoms with van der Waals surface area (Å²) in [6.07, 6.45) is 0.933. The lowest BCUT2D eigenvalue weighted by atomic mass is 9.98. The second-order valence-electron chi connectivity index (χ2n) is 6.47. The van der Waals surface area contributed by atoms with Crippen molar-refractivity contribution in [1.29, 1.82) is 0 Å². The normalized spacial score (nSPS) is 12.6. The van der Waals surface area contributed by atoms with Gasteiger partial charge in [0, 0.05) is 19.2 Å². The van der Waals surface area contributed by atoms with Crippen LogP contribution in [0, 0.1) is 0 Å². The molecule has 6 nitrogen and oxygen atoms in total. The van der Waals surface area contributed by atoms with Gasteiger partial charge < -0.3 is 10.1 Å². The number of amides is 1. The van der Waals surface area contributed by atoms with Gasteiger partial charge >= 0.3 is 0 Å². The molecule has 0 unspecified atom stereocenters. The van der Waals surface area contributed by atoms with E-state index in [-0.39, 0.29) is 24.9 Å². The van der Waals surface area contributed by atoms with Crippen LogP contribution in [0.2, 0.25) is 5.02 Å². The molecule has 1 aliphatic heterocycles. The molecule has 0 saturated heterocycles. The Hall–Kier alpha value is -2.19. The third-order valence-electron chi connectivity index (χ3n) is 4.58. The van der Waals surface area contributed by atoms with E-state index in [0.717, 1.165) is 19.5 Å². The fraction of sp³-hybridized carbons (Fsp3) is 0.250. The third-order valence-corrected chi connectivity index (χ3v) is 5.86. The van der Waals surface area contributed by atoms with E-state index in [1.807, 2.05) is 30.3 Å². The first-order valence-corrected chi connectivity index (χ1v) is 10.1. The number of rotatable bonds is 5. The molecule has 3 aromatic rings. The van der Waals surface area contributed by atoms with Gasteiger partial charge in [-0.2, -0.15) is 0 Å². The average molecular weight is 451 g/mol. The first-order valence-electron chi connectivity index (χ1n) is 8.92. The molecule has 0 bridgehead atoms. The summed E-state index contributed by atoms with van der Waals surface area (Å²) in [7, 11) is 1.71. The van der Waals surface area contributed by atoms with Gasteiger partial charge in [0.25, 0.3) is 5.91 Å². The van der Waals surface area contributed by atoms with Crippen molar-refractivity contribution in [2.45, 2.75) is 19.6 Å². The standard InChI is InChI=1S/C20H19ClN4O2S.ClH/c1-25(19(26)14-6-7-15-11-22-9-8-13(15)10-14)20-24-23-18(28-20)12-27-17-5-3-2-4-16(17)21;/h2-7,10,22H,8-9,11-12H2,1H3;1H. The van der Waals surface area contributed by atoms with Gasteiger partial charge in [-0.1, -0.05) is 41.1 Å². The highest BCUT2D eigenvalue weighted by Crippen LogP contribution is 2.26. The fourth-order valence-electron chi connectivity index (χ4n) is 3.03. The van der Waals surface area contributed by atoms with E-state index in [2.05, 4.69) is 15.5 Å². The number of benzene rings is 2. The SMILES string of the molecule is CN(C(=O)c1ccc2c(c1)CCNC2)c1nnc(COc2ccccc2Cl)s1.Cl. The number of hydrogen-bond acceptors (Lipinski definition) is 6. The van der Waals surface area contributed by atoms with E-state index >= 15 is 0 Å². The number of anilines is 1. The summed E-state index contributed by atoms with van der Waals surface area (Å²) >= 11 is 7.41. The molecule has 4 rings (SSSR count). The zero-order valence-electron chi connectivity index (χ0n) is 15.7. The van der Waals surface area contributed by atoms with Crippen molar-refractivity contribution in [3.05, 3.63) is 69.2 Å². The topological polar surface area (TPSA) is 67.4 Å². The van der Waals surface area contributed by atoms with Crippen LogP contribution in [0.15, 0.2) is 42.5 Å². The zero-order chi connectivity index (χ0) is 19.5. The highest BCUT2D eigenvalue weighted by molar-refractivity contribution is 7.15. The molecule has 1 aliphatic rings. The molecule has 0 atom stereocenters. The molecule has 0 saturated carbocycles. The molecule has 1 amide bonds. The second-order valence-corrected chi connectivity index (χ2v) is 7.92. The molecular weight excluding hydrogens is 431 g/mol. The van der Waals surface area contributed by atoms with Crippen molar-refractivity contribution in [1.82, 2.24) is 15.5 Å². The maximum Gasteiger partial charge on any atom is 0.259 e. The lowest BCUT2D eigenvalue weighted by Gasteiger charge is -2.19. The minimum absolute atomic E-state index is 0. The highest BCUT2D eigenvalue weighted by atomic mass is 35.5. The quantitative estimate of drug-likeness (QED) is 0.633. The minimum Gasteiger partial charge on any atom is -0.485 e. The number of fused-ring (bicyclic) bond motifs is 1. The lowest BCUT2D eigenvalue weighted by Crippen LogP contribution is -2.28. The van der Waals surface area contributed by atoms with E-state index in [0.29, 0.717) is 26.5 Å². The maximum absolute atomic E-state index is 12.9. The molecule has 29 heavy (non-hydrogen) atoms. The molecule has 0 fully saturated rings. The van der Waals surface area contributed by atoms with Crippen LogP contribution in [0.3, 0.4) is 0 Å². The van der Waals surface area contributed by atoms with Gasteiger partial charge in [0.15, 0.2) is 5.01 Å². The first kappa shape index (κ1) is 21.5. The monoisotopic (exact) mass is 450 g/mol. The number of aromatic nitrogens is 2. The zero-order valence-corrected chi connectivity index (χ0v) is 18.1. The fourth-order valence-corrected chi connectivity index (χ4v) is 3.93. The summed E-state index contributed by atoms with van der Waals surface area (Å²) in [5.41, 5.74) is 3.14. The molecule has 2 aromatic carbocycles. The highest BCUT2D eigenvalue weighted by Gasteiger charge is 2.19. The van der Waals surface area contributed by atoms with Crippen LogP contribution in [0.5, 0.6) is 5.75 Å². The maximum atomic E-state index is 12.9. The number of hydrogen-bond donors (Lipinski definition) is 1. The van der Waals surface area contributed by atoms with Crippen molar-refractivity contribution >= 4 is 46.4 Å². The van der Waals surface area contributed by atoms with Gasteiger partial charge in [0.05, 0.1) is 5.02 Å². The number of nitrogens with zero attached hydrogens (tertiary/aromatic N) is 3. The Bertz CT molecular complexity index is 1010. The van der Waals surface area contributed by atoms with Gasteiger partial charge in [-0.3, -0.25) is 9.69 Å². The van der Waals surface area contributed by atoms with Crippen LogP contribution >= 0.6 is 35.3 Å². The number of carbonyl (C=O) groups is 1. The van der Waals surface area contributed by atoms with E-state index in [4.69, 9.17) is 16.3 Å². The lowest BCUT2D eigenvalue weighted by molar-refractivity contribution is 0.0992. The molecule has 0 aliphatic carbocycles. The molecule has 1 N–H and O–H groups in total. The predicted molar refractivity (Wildman–Crippen MR) is 118 cm³/mol. The summed E-state index contributed by atoms with van der Waals surface area (Å²) in [6, 6.07) is 13.1. The Morgan fingerprint density at radius 3 is 2.90 bits per heavy atom. The molecule has 0 spiro atoms. The Morgan fingerprint density at radius 1 is 1.24 bits per heavy atom. The summed E-state index contributed by atoms with van der Waals surface area (Å²) in [6.45, 7) is 2.03. The van der Waals surface area contributed by atoms with Gasteiger partial charge in [0.2, 0.25) is 5.13 Å². The molecule has 9 heteroatoms. The largest absolute Gasteiger partial charge is 0.485 e. The van der Waals surface area contributed by atoms with Gasteiger partial charge in [-0.25, -0.2) is 0 Å². The Labute approximate surface area is 184 Å². The van der Waals surface area contributed by atoms with Crippen molar-refractivity contribution in [2.24, 2.45) is 0 Å². The van der Waals surface area contributed by atoms with Crippen molar-refractivity contribution in [2.75, 3.05) is 18.5 Å². The summed E-state index contributed by atoms with van der Waals surface area (Å²) in [5.74, 6) is 0.491. The minimum atomic E-state index is -0.101. The Balaban J connectivity index is 0.00000240. The van der Waals surface area contributed by atoms with Crippen molar-refractivity contribution in [3.63, 3.8) is 0 Å². The van der Waals surface area contributed by atoms with E-state index in [1.54, 1.807) is 19.2 Å². The van der Waals surface area contributed by atoms with E-state index in [9.17, 15) is 4.79 Å². The van der Waals surface area contributed by atoms with Gasteiger partial charge in [-0.05, 0) is 48.4 Å². The van der Waals surface area contributed by atoms with Crippen LogP contribution in [0.1, 0.15) is 26.5 Å². The smallest absolute Gasteiger partial charge is 0.259 e. The van der Waals surface area contributed by atoms with Crippen LogP contribution in [-0.4, -0.2) is 29.7 Å². The number of para-hydroxylation sites is 1. The molecule has 0 radical (unpaired) electrons. The number of ether oxygens (including phenoxy) is 1. The van der Waals surface area contributed by atoms with Crippen LogP contribution in [0.4, 0.5) is 5.13 Å². The van der Waals surface area contributed by atoms with Crippen molar-refractivity contribution in [3.8, 4) is 5.75 Å². The average Bonchev–Trinajstić information content (AvgIpc) is 3.21. The molecule has 152 valence electrons. The number of nitrogens with one attached hydrogen (secondary N) is 1. The third kappa shape index (κ3) is 4.87. The number of carbonyl (C=O) groups excluding carboxylic acids is 1. The number of halogens is 2. The van der Waals surface area contributed by atoms with Crippen molar-refractivity contribution < 1.29 is 9.53 Å². The Kier molecular flexibility index (Phi) is 7.08. The molecular formula is C20H20Cl2N4O2S. The van der Waals surface area contributed by atoms with Crippen LogP contribution < -0.4 is 15.0 Å². The first-order chi connectivity index (χ1) is 13.6. The van der Waals surface area contributed by atoms with Gasteiger partial charge in [-0.15, -0.1) is 22.6 Å². The Morgan fingerprint density at radius 2 is 2.07 bits per heavy atom. The second kappa shape index (κ2) is 9.54. The van der Waals surface area contributed by atoms with Gasteiger partial charge in [0.1, 0.15) is 12.4 Å². The van der Waals surface area contributed by atoms with Crippen LogP contribution in [0.25, 0.3) is 0 Å². The van der Waals surface area contributed by atoms with E-state index in [1.165, 1.54) is 27.4 Å². The summed E-state index contributed by atoms with van der Waals surface area (Å²) in [5, 5.41) is 13.3. The predicted octanol–water partition coefficient (Wildman–Crippen LogP) is 4.11. The van der Waals surface area contributed by atoms with E-state index < -0.39 is 0 Å². The molecule has 2 heterocycles. The molecule has 1 aromatic heterocycles. The van der Waals surface area contributed by atoms with Crippen LogP contribution in [-0.2, 0) is 19.6 Å².